The first-order valence-corrected chi connectivity index (χ1v) is 10.6. The summed E-state index contributed by atoms with van der Waals surface area (Å²) in [5.74, 6) is 0.751. The van der Waals surface area contributed by atoms with Gasteiger partial charge in [0, 0.05) is 43.1 Å². The Morgan fingerprint density at radius 2 is 2.03 bits per heavy atom. The van der Waals surface area contributed by atoms with Gasteiger partial charge in [-0.15, -0.1) is 0 Å². The summed E-state index contributed by atoms with van der Waals surface area (Å²) in [5, 5.41) is 9.07. The van der Waals surface area contributed by atoms with E-state index in [4.69, 9.17) is 11.6 Å². The standard InChI is InChI=1S/C23H23ClN6O2/c1-25-22(32)15-6-3-7-16(11-15)27-21-18(24)13-26-23(29-21)30(2)17-9-10-19-14(12-17)5-4-8-20(31)28-19/h3,6-7,9-13H,4-5,8H2,1-2H3,(H,25,32)(H,28,31)(H,26,27,29). The molecule has 1 aromatic heterocycles. The first-order valence-electron chi connectivity index (χ1n) is 10.2. The lowest BCUT2D eigenvalue weighted by atomic mass is 10.1. The molecule has 9 heteroatoms. The summed E-state index contributed by atoms with van der Waals surface area (Å²) in [7, 11) is 3.46. The van der Waals surface area contributed by atoms with Crippen LogP contribution >= 0.6 is 11.6 Å². The maximum absolute atomic E-state index is 11.9. The number of aromatic nitrogens is 2. The maximum Gasteiger partial charge on any atom is 0.251 e. The number of carbonyl (C=O) groups is 2. The number of halogens is 1. The van der Waals surface area contributed by atoms with Gasteiger partial charge in [0.25, 0.3) is 5.91 Å². The van der Waals surface area contributed by atoms with Crippen LogP contribution in [0, 0.1) is 0 Å². The van der Waals surface area contributed by atoms with Gasteiger partial charge in [-0.05, 0) is 54.8 Å². The zero-order chi connectivity index (χ0) is 22.7. The van der Waals surface area contributed by atoms with Crippen molar-refractivity contribution in [2.24, 2.45) is 0 Å². The fourth-order valence-corrected chi connectivity index (χ4v) is 3.65. The molecule has 0 radical (unpaired) electrons. The second kappa shape index (κ2) is 9.23. The molecule has 2 aromatic carbocycles. The van der Waals surface area contributed by atoms with Crippen molar-refractivity contribution < 1.29 is 9.59 Å². The SMILES string of the molecule is CNC(=O)c1cccc(Nc2nc(N(C)c3ccc4c(c3)CCCC(=O)N4)ncc2Cl)c1. The van der Waals surface area contributed by atoms with E-state index in [-0.39, 0.29) is 11.8 Å². The third-order valence-electron chi connectivity index (χ3n) is 5.25. The van der Waals surface area contributed by atoms with E-state index < -0.39 is 0 Å². The summed E-state index contributed by atoms with van der Waals surface area (Å²) in [6.45, 7) is 0. The Kier molecular flexibility index (Phi) is 6.23. The lowest BCUT2D eigenvalue weighted by Gasteiger charge is -2.20. The number of hydrogen-bond acceptors (Lipinski definition) is 6. The summed E-state index contributed by atoms with van der Waals surface area (Å²) < 4.78 is 0. The van der Waals surface area contributed by atoms with Gasteiger partial charge >= 0.3 is 0 Å². The summed E-state index contributed by atoms with van der Waals surface area (Å²) in [5.41, 5.74) is 4.03. The molecule has 164 valence electrons. The topological polar surface area (TPSA) is 99.3 Å². The van der Waals surface area contributed by atoms with Crippen LogP contribution in [0.4, 0.5) is 28.8 Å². The molecule has 0 unspecified atom stereocenters. The number of benzene rings is 2. The highest BCUT2D eigenvalue weighted by Gasteiger charge is 2.16. The van der Waals surface area contributed by atoms with Gasteiger partial charge in [-0.3, -0.25) is 9.59 Å². The normalized spacial score (nSPS) is 12.9. The minimum Gasteiger partial charge on any atom is -0.355 e. The first-order chi connectivity index (χ1) is 15.4. The number of nitrogens with zero attached hydrogens (tertiary/aromatic N) is 3. The van der Waals surface area contributed by atoms with Crippen molar-refractivity contribution in [3.63, 3.8) is 0 Å². The van der Waals surface area contributed by atoms with Gasteiger partial charge in [-0.1, -0.05) is 17.7 Å². The molecule has 1 aliphatic rings. The van der Waals surface area contributed by atoms with Crippen LogP contribution < -0.4 is 20.9 Å². The number of amides is 2. The zero-order valence-electron chi connectivity index (χ0n) is 17.8. The molecule has 3 aromatic rings. The van der Waals surface area contributed by atoms with Crippen molar-refractivity contribution in [2.45, 2.75) is 19.3 Å². The van der Waals surface area contributed by atoms with Gasteiger partial charge in [0.05, 0.1) is 6.20 Å². The van der Waals surface area contributed by atoms with Gasteiger partial charge in [-0.25, -0.2) is 4.98 Å². The van der Waals surface area contributed by atoms with E-state index in [0.29, 0.717) is 34.5 Å². The Bertz CT molecular complexity index is 1180. The van der Waals surface area contributed by atoms with Crippen LogP contribution in [0.15, 0.2) is 48.7 Å². The lowest BCUT2D eigenvalue weighted by Crippen LogP contribution is -2.17. The predicted octanol–water partition coefficient (Wildman–Crippen LogP) is 4.28. The fraction of sp³-hybridized carbons (Fsp3) is 0.217. The van der Waals surface area contributed by atoms with Gasteiger partial charge in [0.2, 0.25) is 11.9 Å². The van der Waals surface area contributed by atoms with Crippen molar-refractivity contribution >= 4 is 52.2 Å². The molecule has 0 atom stereocenters. The van der Waals surface area contributed by atoms with E-state index in [2.05, 4.69) is 25.9 Å². The molecule has 0 saturated heterocycles. The summed E-state index contributed by atoms with van der Waals surface area (Å²) >= 11 is 6.33. The van der Waals surface area contributed by atoms with Crippen LogP contribution in [-0.2, 0) is 11.2 Å². The van der Waals surface area contributed by atoms with Crippen molar-refractivity contribution in [2.75, 3.05) is 29.6 Å². The maximum atomic E-state index is 11.9. The minimum absolute atomic E-state index is 0.0436. The third kappa shape index (κ3) is 4.65. The van der Waals surface area contributed by atoms with Crippen molar-refractivity contribution in [3.05, 3.63) is 64.8 Å². The predicted molar refractivity (Wildman–Crippen MR) is 126 cm³/mol. The number of hydrogen-bond donors (Lipinski definition) is 3. The first kappa shape index (κ1) is 21.6. The summed E-state index contributed by atoms with van der Waals surface area (Å²) in [4.78, 5) is 34.5. The number of carbonyl (C=O) groups excluding carboxylic acids is 2. The molecule has 0 bridgehead atoms. The second-order valence-electron chi connectivity index (χ2n) is 7.45. The van der Waals surface area contributed by atoms with Crippen LogP contribution in [0.5, 0.6) is 0 Å². The third-order valence-corrected chi connectivity index (χ3v) is 5.52. The van der Waals surface area contributed by atoms with E-state index in [1.165, 1.54) is 6.20 Å². The Morgan fingerprint density at radius 1 is 1.19 bits per heavy atom. The highest BCUT2D eigenvalue weighted by Crippen LogP contribution is 2.31. The molecule has 0 fully saturated rings. The van der Waals surface area contributed by atoms with E-state index in [1.807, 2.05) is 36.2 Å². The molecule has 0 aliphatic carbocycles. The molecular formula is C23H23ClN6O2. The molecular weight excluding hydrogens is 428 g/mol. The van der Waals surface area contributed by atoms with Gasteiger partial charge < -0.3 is 20.9 Å². The van der Waals surface area contributed by atoms with Gasteiger partial charge in [0.15, 0.2) is 5.82 Å². The van der Waals surface area contributed by atoms with Crippen molar-refractivity contribution in [1.29, 1.82) is 0 Å². The smallest absolute Gasteiger partial charge is 0.251 e. The molecule has 2 amide bonds. The Balaban J connectivity index is 1.59. The van der Waals surface area contributed by atoms with Crippen LogP contribution in [0.3, 0.4) is 0 Å². The van der Waals surface area contributed by atoms with Crippen LogP contribution in [-0.4, -0.2) is 35.9 Å². The van der Waals surface area contributed by atoms with Crippen molar-refractivity contribution in [1.82, 2.24) is 15.3 Å². The highest BCUT2D eigenvalue weighted by molar-refractivity contribution is 6.32. The van der Waals surface area contributed by atoms with Gasteiger partial charge in [0.1, 0.15) is 5.02 Å². The monoisotopic (exact) mass is 450 g/mol. The van der Waals surface area contributed by atoms with E-state index >= 15 is 0 Å². The Morgan fingerprint density at radius 3 is 2.84 bits per heavy atom. The second-order valence-corrected chi connectivity index (χ2v) is 7.86. The van der Waals surface area contributed by atoms with Crippen LogP contribution in [0.1, 0.15) is 28.8 Å². The van der Waals surface area contributed by atoms with E-state index in [9.17, 15) is 9.59 Å². The molecule has 0 spiro atoms. The number of fused-ring (bicyclic) bond motifs is 1. The number of rotatable bonds is 5. The number of aryl methyl sites for hydroxylation is 1. The lowest BCUT2D eigenvalue weighted by molar-refractivity contribution is -0.116. The zero-order valence-corrected chi connectivity index (χ0v) is 18.5. The molecule has 2 heterocycles. The summed E-state index contributed by atoms with van der Waals surface area (Å²) in [6.07, 6.45) is 3.70. The van der Waals surface area contributed by atoms with E-state index in [1.54, 1.807) is 25.2 Å². The number of nitrogens with one attached hydrogen (secondary N) is 3. The fourth-order valence-electron chi connectivity index (χ4n) is 3.51. The van der Waals surface area contributed by atoms with E-state index in [0.717, 1.165) is 29.8 Å². The molecule has 4 rings (SSSR count). The van der Waals surface area contributed by atoms with Gasteiger partial charge in [-0.2, -0.15) is 4.98 Å². The molecule has 32 heavy (non-hydrogen) atoms. The minimum atomic E-state index is -0.178. The Labute approximate surface area is 191 Å². The van der Waals surface area contributed by atoms with Crippen LogP contribution in [0.2, 0.25) is 5.02 Å². The quantitative estimate of drug-likeness (QED) is 0.536. The van der Waals surface area contributed by atoms with Crippen molar-refractivity contribution in [3.8, 4) is 0 Å². The summed E-state index contributed by atoms with van der Waals surface area (Å²) in [6, 6.07) is 12.9. The average Bonchev–Trinajstić information content (AvgIpc) is 2.99. The largest absolute Gasteiger partial charge is 0.355 e. The molecule has 3 N–H and O–H groups in total. The van der Waals surface area contributed by atoms with Crippen LogP contribution in [0.25, 0.3) is 0 Å². The highest BCUT2D eigenvalue weighted by atomic mass is 35.5. The Hall–Kier alpha value is -3.65. The molecule has 8 nitrogen and oxygen atoms in total. The number of anilines is 5. The average molecular weight is 451 g/mol. The molecule has 0 saturated carbocycles. The molecule has 1 aliphatic heterocycles.